The Bertz CT molecular complexity index is 614. The SMILES string of the molecule is Brc1ccccc1-c1nnc(CNCCCN2CCOCC2)o1. The Hall–Kier alpha value is -1.28. The Kier molecular flexibility index (Phi) is 6.15. The molecule has 1 N–H and O–H groups in total. The number of halogens is 1. The van der Waals surface area contributed by atoms with Gasteiger partial charge in [0.2, 0.25) is 11.8 Å². The van der Waals surface area contributed by atoms with Crippen molar-refractivity contribution in [2.75, 3.05) is 39.4 Å². The summed E-state index contributed by atoms with van der Waals surface area (Å²) in [6.45, 7) is 6.42. The molecule has 2 aromatic rings. The van der Waals surface area contributed by atoms with Gasteiger partial charge in [-0.2, -0.15) is 0 Å². The van der Waals surface area contributed by atoms with E-state index in [-0.39, 0.29) is 0 Å². The molecule has 0 radical (unpaired) electrons. The Labute approximate surface area is 144 Å². The van der Waals surface area contributed by atoms with Crippen molar-refractivity contribution in [2.24, 2.45) is 0 Å². The molecule has 0 atom stereocenters. The lowest BCUT2D eigenvalue weighted by atomic mass is 10.2. The zero-order valence-electron chi connectivity index (χ0n) is 13.0. The predicted octanol–water partition coefficient (Wildman–Crippen LogP) is 2.31. The van der Waals surface area contributed by atoms with Gasteiger partial charge in [0, 0.05) is 17.6 Å². The maximum Gasteiger partial charge on any atom is 0.248 e. The molecule has 7 heteroatoms. The van der Waals surface area contributed by atoms with Crippen molar-refractivity contribution in [3.05, 3.63) is 34.6 Å². The number of nitrogens with one attached hydrogen (secondary N) is 1. The Morgan fingerprint density at radius 3 is 2.83 bits per heavy atom. The second kappa shape index (κ2) is 8.54. The first-order chi connectivity index (χ1) is 11.3. The molecule has 1 fully saturated rings. The summed E-state index contributed by atoms with van der Waals surface area (Å²) in [7, 11) is 0. The summed E-state index contributed by atoms with van der Waals surface area (Å²) < 4.78 is 12.0. The molecule has 3 rings (SSSR count). The van der Waals surface area contributed by atoms with Gasteiger partial charge in [-0.05, 0) is 47.6 Å². The third kappa shape index (κ3) is 4.84. The third-order valence-electron chi connectivity index (χ3n) is 3.78. The van der Waals surface area contributed by atoms with Crippen LogP contribution in [0.5, 0.6) is 0 Å². The van der Waals surface area contributed by atoms with Gasteiger partial charge in [-0.25, -0.2) is 0 Å². The number of benzene rings is 1. The van der Waals surface area contributed by atoms with Crippen LogP contribution < -0.4 is 5.32 Å². The van der Waals surface area contributed by atoms with E-state index in [1.54, 1.807) is 0 Å². The molecule has 1 aliphatic rings. The largest absolute Gasteiger partial charge is 0.419 e. The van der Waals surface area contributed by atoms with E-state index in [1.165, 1.54) is 0 Å². The molecule has 0 spiro atoms. The average Bonchev–Trinajstić information content (AvgIpc) is 3.04. The minimum absolute atomic E-state index is 0.544. The van der Waals surface area contributed by atoms with Crippen molar-refractivity contribution in [3.63, 3.8) is 0 Å². The lowest BCUT2D eigenvalue weighted by molar-refractivity contribution is 0.0374. The van der Waals surface area contributed by atoms with E-state index >= 15 is 0 Å². The van der Waals surface area contributed by atoms with Gasteiger partial charge in [-0.3, -0.25) is 4.90 Å². The normalized spacial score (nSPS) is 15.9. The van der Waals surface area contributed by atoms with Crippen molar-refractivity contribution < 1.29 is 9.15 Å². The van der Waals surface area contributed by atoms with Crippen LogP contribution in [0.4, 0.5) is 0 Å². The molecule has 1 aromatic heterocycles. The van der Waals surface area contributed by atoms with Crippen LogP contribution in [0, 0.1) is 0 Å². The number of hydrogen-bond donors (Lipinski definition) is 1. The lowest BCUT2D eigenvalue weighted by Gasteiger charge is -2.26. The van der Waals surface area contributed by atoms with Gasteiger partial charge < -0.3 is 14.5 Å². The highest BCUT2D eigenvalue weighted by atomic mass is 79.9. The van der Waals surface area contributed by atoms with Crippen molar-refractivity contribution in [1.29, 1.82) is 0 Å². The number of aromatic nitrogens is 2. The van der Waals surface area contributed by atoms with Crippen LogP contribution in [0.2, 0.25) is 0 Å². The number of ether oxygens (including phenoxy) is 1. The van der Waals surface area contributed by atoms with Crippen molar-refractivity contribution in [1.82, 2.24) is 20.4 Å². The summed E-state index contributed by atoms with van der Waals surface area (Å²) in [6, 6.07) is 7.83. The van der Waals surface area contributed by atoms with Crippen LogP contribution in [-0.2, 0) is 11.3 Å². The number of morpholine rings is 1. The summed E-state index contributed by atoms with van der Waals surface area (Å²) >= 11 is 3.50. The summed E-state index contributed by atoms with van der Waals surface area (Å²) in [4.78, 5) is 2.43. The second-order valence-electron chi connectivity index (χ2n) is 5.47. The van der Waals surface area contributed by atoms with Gasteiger partial charge in [0.15, 0.2) is 0 Å². The van der Waals surface area contributed by atoms with Gasteiger partial charge in [-0.1, -0.05) is 12.1 Å². The lowest BCUT2D eigenvalue weighted by Crippen LogP contribution is -2.37. The molecule has 124 valence electrons. The predicted molar refractivity (Wildman–Crippen MR) is 91.0 cm³/mol. The summed E-state index contributed by atoms with van der Waals surface area (Å²) in [5.74, 6) is 1.16. The molecule has 6 nitrogen and oxygen atoms in total. The molecule has 2 heterocycles. The molecular formula is C16H21BrN4O2. The fourth-order valence-corrected chi connectivity index (χ4v) is 2.97. The fraction of sp³-hybridized carbons (Fsp3) is 0.500. The second-order valence-corrected chi connectivity index (χ2v) is 6.32. The Morgan fingerprint density at radius 2 is 2.00 bits per heavy atom. The Balaban J connectivity index is 1.40. The first-order valence-electron chi connectivity index (χ1n) is 7.91. The van der Waals surface area contributed by atoms with E-state index in [2.05, 4.69) is 36.3 Å². The molecular weight excluding hydrogens is 360 g/mol. The first-order valence-corrected chi connectivity index (χ1v) is 8.70. The minimum atomic E-state index is 0.544. The van der Waals surface area contributed by atoms with E-state index in [0.29, 0.717) is 18.3 Å². The monoisotopic (exact) mass is 380 g/mol. The zero-order valence-corrected chi connectivity index (χ0v) is 14.6. The topological polar surface area (TPSA) is 63.4 Å². The van der Waals surface area contributed by atoms with Crippen LogP contribution in [0.1, 0.15) is 12.3 Å². The standard InChI is InChI=1S/C16H21BrN4O2/c17-14-5-2-1-4-13(14)16-20-19-15(23-16)12-18-6-3-7-21-8-10-22-11-9-21/h1-2,4-5,18H,3,6-12H2. The van der Waals surface area contributed by atoms with Gasteiger partial charge in [0.1, 0.15) is 0 Å². The number of nitrogens with zero attached hydrogens (tertiary/aromatic N) is 3. The average molecular weight is 381 g/mol. The molecule has 1 aliphatic heterocycles. The zero-order chi connectivity index (χ0) is 15.9. The highest BCUT2D eigenvalue weighted by molar-refractivity contribution is 9.10. The van der Waals surface area contributed by atoms with Crippen molar-refractivity contribution in [3.8, 4) is 11.5 Å². The van der Waals surface area contributed by atoms with Gasteiger partial charge in [0.05, 0.1) is 25.3 Å². The maximum absolute atomic E-state index is 5.71. The number of rotatable bonds is 7. The van der Waals surface area contributed by atoms with Gasteiger partial charge in [-0.15, -0.1) is 10.2 Å². The number of hydrogen-bond acceptors (Lipinski definition) is 6. The minimum Gasteiger partial charge on any atom is -0.419 e. The van der Waals surface area contributed by atoms with E-state index in [4.69, 9.17) is 9.15 Å². The maximum atomic E-state index is 5.71. The van der Waals surface area contributed by atoms with Crippen LogP contribution >= 0.6 is 15.9 Å². The van der Waals surface area contributed by atoms with Crippen molar-refractivity contribution >= 4 is 15.9 Å². The molecule has 23 heavy (non-hydrogen) atoms. The summed E-state index contributed by atoms with van der Waals surface area (Å²) in [6.07, 6.45) is 1.10. The molecule has 0 aliphatic carbocycles. The smallest absolute Gasteiger partial charge is 0.248 e. The van der Waals surface area contributed by atoms with E-state index in [0.717, 1.165) is 55.8 Å². The molecule has 0 amide bonds. The highest BCUT2D eigenvalue weighted by Crippen LogP contribution is 2.26. The molecule has 0 saturated carbocycles. The molecule has 1 saturated heterocycles. The summed E-state index contributed by atoms with van der Waals surface area (Å²) in [5.41, 5.74) is 0.915. The Morgan fingerprint density at radius 1 is 1.17 bits per heavy atom. The molecule has 0 bridgehead atoms. The van der Waals surface area contributed by atoms with Crippen LogP contribution in [-0.4, -0.2) is 54.5 Å². The summed E-state index contributed by atoms with van der Waals surface area (Å²) in [5, 5.41) is 11.6. The quantitative estimate of drug-likeness (QED) is 0.743. The van der Waals surface area contributed by atoms with Crippen LogP contribution in [0.3, 0.4) is 0 Å². The van der Waals surface area contributed by atoms with Crippen LogP contribution in [0.15, 0.2) is 33.2 Å². The molecule has 0 unspecified atom stereocenters. The fourth-order valence-electron chi connectivity index (χ4n) is 2.52. The van der Waals surface area contributed by atoms with Gasteiger partial charge in [0.25, 0.3) is 0 Å². The molecule has 1 aromatic carbocycles. The van der Waals surface area contributed by atoms with Crippen LogP contribution in [0.25, 0.3) is 11.5 Å². The highest BCUT2D eigenvalue weighted by Gasteiger charge is 2.11. The third-order valence-corrected chi connectivity index (χ3v) is 4.47. The van der Waals surface area contributed by atoms with Crippen molar-refractivity contribution in [2.45, 2.75) is 13.0 Å². The van der Waals surface area contributed by atoms with E-state index in [9.17, 15) is 0 Å². The van der Waals surface area contributed by atoms with Gasteiger partial charge >= 0.3 is 0 Å². The van der Waals surface area contributed by atoms with E-state index < -0.39 is 0 Å². The first kappa shape index (κ1) is 16.6. The van der Waals surface area contributed by atoms with E-state index in [1.807, 2.05) is 24.3 Å².